The lowest BCUT2D eigenvalue weighted by atomic mass is 10.1. The van der Waals surface area contributed by atoms with Crippen LogP contribution in [0.5, 0.6) is 17.2 Å². The fourth-order valence-electron chi connectivity index (χ4n) is 1.71. The Morgan fingerprint density at radius 2 is 1.70 bits per heavy atom. The predicted molar refractivity (Wildman–Crippen MR) is 74.2 cm³/mol. The lowest BCUT2D eigenvalue weighted by molar-refractivity contribution is 0.101. The van der Waals surface area contributed by atoms with Crippen LogP contribution in [0.4, 0.5) is 0 Å². The van der Waals surface area contributed by atoms with Crippen LogP contribution in [0.15, 0.2) is 42.5 Å². The molecule has 100 valence electrons. The van der Waals surface area contributed by atoms with E-state index in [0.29, 0.717) is 28.4 Å². The highest BCUT2D eigenvalue weighted by molar-refractivity contribution is 5.94. The van der Waals surface area contributed by atoms with Gasteiger partial charge in [-0.05, 0) is 43.3 Å². The van der Waals surface area contributed by atoms with Crippen LogP contribution in [-0.2, 0) is 0 Å². The fraction of sp³-hybridized carbons (Fsp3) is 0.125. The summed E-state index contributed by atoms with van der Waals surface area (Å²) in [5.74, 6) is 1.66. The molecule has 0 aromatic heterocycles. The summed E-state index contributed by atoms with van der Waals surface area (Å²) < 4.78 is 10.8. The summed E-state index contributed by atoms with van der Waals surface area (Å²) in [6.45, 7) is 1.51. The van der Waals surface area contributed by atoms with Crippen LogP contribution >= 0.6 is 0 Å². The molecule has 2 aromatic rings. The van der Waals surface area contributed by atoms with E-state index in [1.54, 1.807) is 42.5 Å². The van der Waals surface area contributed by atoms with Gasteiger partial charge in [0.15, 0.2) is 5.78 Å². The fourth-order valence-corrected chi connectivity index (χ4v) is 1.71. The Morgan fingerprint density at radius 3 is 2.25 bits per heavy atom. The summed E-state index contributed by atoms with van der Waals surface area (Å²) in [6.07, 6.45) is 0. The summed E-state index contributed by atoms with van der Waals surface area (Å²) in [5.41, 5.74) is 1.08. The van der Waals surface area contributed by atoms with E-state index in [0.717, 1.165) is 0 Å². The Hall–Kier alpha value is -2.80. The van der Waals surface area contributed by atoms with Crippen LogP contribution in [0.2, 0.25) is 0 Å². The minimum Gasteiger partial charge on any atom is -0.497 e. The second-order valence-electron chi connectivity index (χ2n) is 4.19. The maximum Gasteiger partial charge on any atom is 0.159 e. The van der Waals surface area contributed by atoms with Crippen LogP contribution < -0.4 is 9.47 Å². The second-order valence-corrected chi connectivity index (χ2v) is 4.19. The molecule has 0 bridgehead atoms. The Labute approximate surface area is 117 Å². The van der Waals surface area contributed by atoms with Crippen LogP contribution in [0.1, 0.15) is 22.8 Å². The number of rotatable bonds is 4. The van der Waals surface area contributed by atoms with Gasteiger partial charge in [0.2, 0.25) is 0 Å². The minimum atomic E-state index is 0.00435. The quantitative estimate of drug-likeness (QED) is 0.795. The van der Waals surface area contributed by atoms with Gasteiger partial charge >= 0.3 is 0 Å². The average Bonchev–Trinajstić information content (AvgIpc) is 2.47. The van der Waals surface area contributed by atoms with Gasteiger partial charge in [-0.2, -0.15) is 5.26 Å². The highest BCUT2D eigenvalue weighted by Gasteiger charge is 2.04. The first-order valence-electron chi connectivity index (χ1n) is 6.00. The van der Waals surface area contributed by atoms with Crippen molar-refractivity contribution >= 4 is 5.78 Å². The molecule has 4 nitrogen and oxygen atoms in total. The number of Topliss-reactive ketones (excluding diaryl/α,β-unsaturated/α-hetero) is 1. The number of ketones is 1. The van der Waals surface area contributed by atoms with E-state index in [9.17, 15) is 4.79 Å². The van der Waals surface area contributed by atoms with Crippen molar-refractivity contribution in [1.82, 2.24) is 0 Å². The minimum absolute atomic E-state index is 0.00435. The van der Waals surface area contributed by atoms with Gasteiger partial charge in [0, 0.05) is 11.6 Å². The average molecular weight is 267 g/mol. The molecule has 20 heavy (non-hydrogen) atoms. The lowest BCUT2D eigenvalue weighted by Crippen LogP contribution is -1.92. The number of hydrogen-bond donors (Lipinski definition) is 0. The molecule has 0 saturated carbocycles. The molecule has 2 aromatic carbocycles. The number of carbonyl (C=O) groups is 1. The molecule has 0 amide bonds. The number of methoxy groups -OCH3 is 1. The van der Waals surface area contributed by atoms with Gasteiger partial charge in [0.05, 0.1) is 18.7 Å². The molecule has 0 atom stereocenters. The van der Waals surface area contributed by atoms with Crippen molar-refractivity contribution in [3.63, 3.8) is 0 Å². The number of nitriles is 1. The van der Waals surface area contributed by atoms with Crippen molar-refractivity contribution in [2.75, 3.05) is 7.11 Å². The molecule has 0 fully saturated rings. The molecule has 0 spiro atoms. The molecule has 0 unspecified atom stereocenters. The van der Waals surface area contributed by atoms with Gasteiger partial charge in [0.25, 0.3) is 0 Å². The number of nitrogens with zero attached hydrogens (tertiary/aromatic N) is 1. The maximum atomic E-state index is 11.2. The van der Waals surface area contributed by atoms with Gasteiger partial charge < -0.3 is 9.47 Å². The Bertz CT molecular complexity index is 669. The topological polar surface area (TPSA) is 59.3 Å². The molecule has 0 heterocycles. The monoisotopic (exact) mass is 267 g/mol. The van der Waals surface area contributed by atoms with E-state index in [4.69, 9.17) is 14.7 Å². The maximum absolute atomic E-state index is 11.2. The third-order valence-electron chi connectivity index (χ3n) is 2.74. The first-order valence-corrected chi connectivity index (χ1v) is 6.00. The molecular formula is C16H13NO3. The Kier molecular flexibility index (Phi) is 4.02. The van der Waals surface area contributed by atoms with Crippen molar-refractivity contribution in [3.8, 4) is 23.3 Å². The SMILES string of the molecule is COc1cc(C#N)cc(Oc2ccc(C(C)=O)cc2)c1. The van der Waals surface area contributed by atoms with E-state index >= 15 is 0 Å². The smallest absolute Gasteiger partial charge is 0.159 e. The Morgan fingerprint density at radius 1 is 1.05 bits per heavy atom. The van der Waals surface area contributed by atoms with Gasteiger partial charge in [0.1, 0.15) is 17.2 Å². The van der Waals surface area contributed by atoms with Crippen molar-refractivity contribution < 1.29 is 14.3 Å². The summed E-state index contributed by atoms with van der Waals surface area (Å²) in [6, 6.07) is 13.8. The normalized spacial score (nSPS) is 9.65. The lowest BCUT2D eigenvalue weighted by Gasteiger charge is -2.08. The van der Waals surface area contributed by atoms with E-state index in [2.05, 4.69) is 0 Å². The van der Waals surface area contributed by atoms with Crippen LogP contribution in [0, 0.1) is 11.3 Å². The molecule has 0 saturated heterocycles. The zero-order valence-corrected chi connectivity index (χ0v) is 11.2. The first-order chi connectivity index (χ1) is 9.62. The highest BCUT2D eigenvalue weighted by Crippen LogP contribution is 2.27. The van der Waals surface area contributed by atoms with E-state index in [1.807, 2.05) is 6.07 Å². The third kappa shape index (κ3) is 3.15. The second kappa shape index (κ2) is 5.89. The summed E-state index contributed by atoms with van der Waals surface area (Å²) in [4.78, 5) is 11.2. The molecule has 4 heteroatoms. The molecule has 0 N–H and O–H groups in total. The molecule has 2 rings (SSSR count). The van der Waals surface area contributed by atoms with Crippen molar-refractivity contribution in [2.24, 2.45) is 0 Å². The van der Waals surface area contributed by atoms with Gasteiger partial charge in [-0.3, -0.25) is 4.79 Å². The van der Waals surface area contributed by atoms with Crippen molar-refractivity contribution in [2.45, 2.75) is 6.92 Å². The van der Waals surface area contributed by atoms with Gasteiger partial charge in [-0.1, -0.05) is 0 Å². The molecule has 0 radical (unpaired) electrons. The van der Waals surface area contributed by atoms with E-state index in [-0.39, 0.29) is 5.78 Å². The van der Waals surface area contributed by atoms with Crippen LogP contribution in [0.3, 0.4) is 0 Å². The summed E-state index contributed by atoms with van der Waals surface area (Å²) in [7, 11) is 1.53. The van der Waals surface area contributed by atoms with Crippen LogP contribution in [0.25, 0.3) is 0 Å². The largest absolute Gasteiger partial charge is 0.497 e. The zero-order chi connectivity index (χ0) is 14.5. The first kappa shape index (κ1) is 13.6. The predicted octanol–water partition coefficient (Wildman–Crippen LogP) is 3.56. The van der Waals surface area contributed by atoms with Crippen molar-refractivity contribution in [1.29, 1.82) is 5.26 Å². The van der Waals surface area contributed by atoms with E-state index in [1.165, 1.54) is 14.0 Å². The Balaban J connectivity index is 2.25. The number of benzene rings is 2. The molecule has 0 aliphatic carbocycles. The molecule has 0 aliphatic heterocycles. The van der Waals surface area contributed by atoms with E-state index < -0.39 is 0 Å². The number of ether oxygens (including phenoxy) is 2. The third-order valence-corrected chi connectivity index (χ3v) is 2.74. The number of carbonyl (C=O) groups excluding carboxylic acids is 1. The van der Waals surface area contributed by atoms with Crippen LogP contribution in [-0.4, -0.2) is 12.9 Å². The summed E-state index contributed by atoms with van der Waals surface area (Å²) >= 11 is 0. The summed E-state index contributed by atoms with van der Waals surface area (Å²) in [5, 5.41) is 8.95. The standard InChI is InChI=1S/C16H13NO3/c1-11(18)13-3-5-14(6-4-13)20-16-8-12(10-17)7-15(9-16)19-2/h3-9H,1-2H3. The number of hydrogen-bond acceptors (Lipinski definition) is 4. The highest BCUT2D eigenvalue weighted by atomic mass is 16.5. The zero-order valence-electron chi connectivity index (χ0n) is 11.2. The molecular weight excluding hydrogens is 254 g/mol. The van der Waals surface area contributed by atoms with Gasteiger partial charge in [-0.15, -0.1) is 0 Å². The molecule has 0 aliphatic rings. The van der Waals surface area contributed by atoms with Gasteiger partial charge in [-0.25, -0.2) is 0 Å². The van der Waals surface area contributed by atoms with Crippen molar-refractivity contribution in [3.05, 3.63) is 53.6 Å².